The molecular weight excluding hydrogens is 1690 g/mol. The predicted molar refractivity (Wildman–Crippen MR) is 446 cm³/mol. The highest BCUT2D eigenvalue weighted by molar-refractivity contribution is 7.80. The van der Waals surface area contributed by atoms with Crippen molar-refractivity contribution < 1.29 is 132 Å². The largest absolute Gasteiger partial charge is 0.481 e. The summed E-state index contributed by atoms with van der Waals surface area (Å²) in [7, 11) is 0. The van der Waals surface area contributed by atoms with Gasteiger partial charge >= 0.3 is 35.8 Å². The number of hydrogen-bond donors (Lipinski definition) is 32. The van der Waals surface area contributed by atoms with E-state index in [-0.39, 0.29) is 64.6 Å². The lowest BCUT2D eigenvalue weighted by Crippen LogP contribution is -2.63. The van der Waals surface area contributed by atoms with Crippen LogP contribution in [0.25, 0.3) is 0 Å². The quantitative estimate of drug-likeness (QED) is 0.0125. The van der Waals surface area contributed by atoms with Gasteiger partial charge in [0.05, 0.1) is 44.4 Å². The summed E-state index contributed by atoms with van der Waals surface area (Å²) in [6.45, 7) is 8.74. The lowest BCUT2D eigenvalue weighted by atomic mass is 9.96. The average Bonchev–Trinajstić information content (AvgIpc) is 0.853. The van der Waals surface area contributed by atoms with E-state index in [0.717, 1.165) is 6.92 Å². The third-order valence-electron chi connectivity index (χ3n) is 19.0. The molecule has 0 saturated carbocycles. The summed E-state index contributed by atoms with van der Waals surface area (Å²) in [5.41, 5.74) is 23.1. The van der Waals surface area contributed by atoms with Crippen LogP contribution in [-0.4, -0.2) is 295 Å². The zero-order valence-corrected chi connectivity index (χ0v) is 71.4. The van der Waals surface area contributed by atoms with Gasteiger partial charge in [-0.25, -0.2) is 4.79 Å². The lowest BCUT2D eigenvalue weighted by Gasteiger charge is -2.29. The van der Waals surface area contributed by atoms with Crippen molar-refractivity contribution >= 4 is 149 Å². The highest BCUT2D eigenvalue weighted by Crippen LogP contribution is 2.16. The minimum Gasteiger partial charge on any atom is -0.481 e. The van der Waals surface area contributed by atoms with Crippen LogP contribution in [0.4, 0.5) is 0 Å². The van der Waals surface area contributed by atoms with E-state index in [1.807, 2.05) is 16.0 Å². The second kappa shape index (κ2) is 57.2. The maximum absolute atomic E-state index is 14.3. The maximum atomic E-state index is 14.3. The van der Waals surface area contributed by atoms with Crippen LogP contribution in [0.2, 0.25) is 0 Å². The average molecular weight is 1810 g/mol. The van der Waals surface area contributed by atoms with Crippen LogP contribution in [0.1, 0.15) is 144 Å². The summed E-state index contributed by atoms with van der Waals surface area (Å²) < 4.78 is 0. The number of nitrogens with two attached hydrogens (primary N) is 4. The number of nitrogens with one attached hydrogen (secondary N) is 20. The molecular formula is C74H120N24O27S. The molecule has 0 radical (unpaired) electrons. The van der Waals surface area contributed by atoms with Crippen LogP contribution in [0, 0.1) is 34.0 Å². The Labute approximate surface area is 728 Å². The first-order valence-corrected chi connectivity index (χ1v) is 40.5. The third-order valence-corrected chi connectivity index (χ3v) is 19.3. The second-order valence-electron chi connectivity index (χ2n) is 29.6. The molecule has 704 valence electrons. The van der Waals surface area contributed by atoms with Gasteiger partial charge in [0.15, 0.2) is 17.9 Å². The number of carbonyl (C=O) groups excluding carboxylic acids is 14. The van der Waals surface area contributed by atoms with Gasteiger partial charge in [0.25, 0.3) is 0 Å². The summed E-state index contributed by atoms with van der Waals surface area (Å²) in [6, 6.07) is -16.6. The SMILES string of the molecule is CC[C@H](C)[C@H](NC(=O)[C@H](CC(=O)O)NC(=O)[C@H](CCCNC(=N)N)NC(=O)[C@H](CS)NC(=O)[C@@H](NC(=O)[C@@H](NC(=O)[C@H](CCCNC(=N)N)NC(=O)[C@H](CC(=O)O)NC(=O)[C@H](CC(=O)O)NC(=O)[C@H](CC(=O)O)NC(=O)CNC(=O)[C@H](CCC(=O)O)NC(=O)[C@H](CCCNC(=N)N)NC(=O)[C@@H](NC(=O)[C@@H](N)Cc1ccccc1)[C@@H](C)CC)[C@@H](C)O)C(C)C)C(=O)O. The van der Waals surface area contributed by atoms with E-state index in [1.54, 1.807) is 51.1 Å². The Kier molecular flexibility index (Phi) is 50.3. The molecule has 0 aliphatic heterocycles. The Morgan fingerprint density at radius 1 is 0.365 bits per heavy atom. The van der Waals surface area contributed by atoms with Gasteiger partial charge in [-0.2, -0.15) is 12.6 Å². The highest BCUT2D eigenvalue weighted by atomic mass is 32.1. The monoisotopic (exact) mass is 1810 g/mol. The number of carboxylic acids is 6. The van der Waals surface area contributed by atoms with Gasteiger partial charge in [-0.15, -0.1) is 0 Å². The Hall–Kier alpha value is -13.3. The maximum Gasteiger partial charge on any atom is 0.326 e. The summed E-state index contributed by atoms with van der Waals surface area (Å²) >= 11 is 4.17. The summed E-state index contributed by atoms with van der Waals surface area (Å²) in [6.07, 6.45) is -9.29. The van der Waals surface area contributed by atoms with E-state index < -0.39 is 302 Å². The fraction of sp³-hybridized carbons (Fsp3) is 0.608. The molecule has 0 spiro atoms. The smallest absolute Gasteiger partial charge is 0.326 e. The van der Waals surface area contributed by atoms with Crippen LogP contribution >= 0.6 is 12.6 Å². The van der Waals surface area contributed by atoms with Crippen molar-refractivity contribution in [1.29, 1.82) is 16.2 Å². The Morgan fingerprint density at radius 3 is 1.04 bits per heavy atom. The van der Waals surface area contributed by atoms with Crippen molar-refractivity contribution in [2.45, 2.75) is 235 Å². The fourth-order valence-electron chi connectivity index (χ4n) is 11.7. The molecule has 51 nitrogen and oxygen atoms in total. The molecule has 52 heteroatoms. The van der Waals surface area contributed by atoms with Crippen LogP contribution in [0.3, 0.4) is 0 Å². The third kappa shape index (κ3) is 43.2. The molecule has 1 rings (SSSR count). The van der Waals surface area contributed by atoms with Gasteiger partial charge in [-0.1, -0.05) is 84.7 Å². The van der Waals surface area contributed by atoms with Gasteiger partial charge in [-0.05, 0) is 81.6 Å². The van der Waals surface area contributed by atoms with Crippen LogP contribution in [0.15, 0.2) is 30.3 Å². The number of carbonyl (C=O) groups is 20. The van der Waals surface area contributed by atoms with E-state index in [0.29, 0.717) is 12.0 Å². The van der Waals surface area contributed by atoms with Crippen LogP contribution in [0.5, 0.6) is 0 Å². The predicted octanol–water partition coefficient (Wildman–Crippen LogP) is -9.33. The van der Waals surface area contributed by atoms with E-state index in [2.05, 4.69) is 87.1 Å². The lowest BCUT2D eigenvalue weighted by molar-refractivity contribution is -0.145. The normalized spacial score (nSPS) is 15.0. The van der Waals surface area contributed by atoms with E-state index in [4.69, 9.17) is 39.2 Å². The number of aliphatic hydroxyl groups is 1. The number of aliphatic hydroxyl groups excluding tert-OH is 1. The summed E-state index contributed by atoms with van der Waals surface area (Å²) in [5, 5.41) is 131. The zero-order chi connectivity index (χ0) is 95.9. The highest BCUT2D eigenvalue weighted by Gasteiger charge is 2.41. The van der Waals surface area contributed by atoms with Crippen molar-refractivity contribution in [3.63, 3.8) is 0 Å². The molecule has 0 aliphatic carbocycles. The molecule has 0 aliphatic rings. The van der Waals surface area contributed by atoms with Crippen molar-refractivity contribution in [3.8, 4) is 0 Å². The molecule has 1 aromatic rings. The summed E-state index contributed by atoms with van der Waals surface area (Å²) in [5.74, 6) is -31.9. The van der Waals surface area contributed by atoms with Crippen molar-refractivity contribution in [3.05, 3.63) is 35.9 Å². The minimum absolute atomic E-state index is 0.0154. The molecule has 1 aromatic carbocycles. The van der Waals surface area contributed by atoms with E-state index in [9.17, 15) is 132 Å². The standard InChI is InChI=1S/C74H120N24O27S/c1-8-34(5)55(96-58(111)38(75)26-37-16-11-10-12-17-37)69(122)90-40(19-14-24-83-73(78)79)60(113)89-42(21-22-49(101)102)59(112)85-31-48(100)86-43(27-50(103)104)63(116)92-45(29-52(107)108)65(118)93-44(28-51(105)106)64(117)87-41(20-15-25-84-74(80)81)62(115)98-57(36(7)99)70(123)95-54(33(3)4)68(121)94-47(32-126)67(120)88-39(18-13-23-82-72(76)77)61(114)91-46(30-53(109)110)66(119)97-56(71(124)125)35(6)9-2/h10-12,16-17,33-36,38-47,54-57,99,126H,8-9,13-15,18-32,75H2,1-7H3,(H,85,112)(H,86,100)(H,87,117)(H,88,120)(H,89,113)(H,90,122)(H,91,114)(H,92,116)(H,93,118)(H,94,121)(H,95,123)(H,96,111)(H,97,119)(H,98,115)(H,101,102)(H,103,104)(H,105,106)(H,107,108)(H,109,110)(H,124,125)(H4,76,77,82)(H4,78,79,83)(H4,80,81,84)/t34-,35-,36+,38-,39-,40-,41-,42-,43-,44-,45-,46-,47-,54-,55-,56-,57-/m0/s1. The van der Waals surface area contributed by atoms with E-state index >= 15 is 0 Å². The second-order valence-corrected chi connectivity index (χ2v) is 30.0. The number of amides is 14. The molecule has 126 heavy (non-hydrogen) atoms. The number of guanidine groups is 3. The Bertz CT molecular complexity index is 4000. The van der Waals surface area contributed by atoms with Gasteiger partial charge < -0.3 is 149 Å². The number of aliphatic carboxylic acids is 6. The van der Waals surface area contributed by atoms with E-state index in [1.165, 1.54) is 20.8 Å². The molecule has 14 amide bonds. The Morgan fingerprint density at radius 2 is 0.675 bits per heavy atom. The molecule has 0 bridgehead atoms. The number of carboxylic acid groups (broad SMARTS) is 6. The molecule has 0 saturated heterocycles. The Balaban J connectivity index is 3.62. The van der Waals surface area contributed by atoms with Gasteiger partial charge in [0.2, 0.25) is 82.7 Å². The molecule has 0 fully saturated rings. The van der Waals surface area contributed by atoms with Gasteiger partial charge in [0.1, 0.15) is 78.5 Å². The van der Waals surface area contributed by atoms with Crippen molar-refractivity contribution in [1.82, 2.24) is 90.4 Å². The number of benzene rings is 1. The van der Waals surface area contributed by atoms with Crippen molar-refractivity contribution in [2.75, 3.05) is 31.9 Å². The molecule has 17 atom stereocenters. The van der Waals surface area contributed by atoms with Crippen molar-refractivity contribution in [2.24, 2.45) is 40.7 Å². The first-order valence-electron chi connectivity index (χ1n) is 39.8. The number of rotatable bonds is 61. The van der Waals surface area contributed by atoms with Crippen LogP contribution in [-0.2, 0) is 102 Å². The summed E-state index contributed by atoms with van der Waals surface area (Å²) in [4.78, 5) is 268. The number of hydrogen-bond acceptors (Lipinski definition) is 26. The molecule has 0 heterocycles. The molecule has 35 N–H and O–H groups in total. The topological polar surface area (TPSA) is 863 Å². The number of thiol groups is 1. The first kappa shape index (κ1) is 111. The fourth-order valence-corrected chi connectivity index (χ4v) is 11.9. The zero-order valence-electron chi connectivity index (χ0n) is 70.5. The molecule has 0 aromatic heterocycles. The van der Waals surface area contributed by atoms with Gasteiger partial charge in [0, 0.05) is 31.8 Å². The first-order chi connectivity index (χ1) is 59.0. The molecule has 0 unspecified atom stereocenters. The minimum atomic E-state index is -2.40. The van der Waals surface area contributed by atoms with Gasteiger partial charge in [-0.3, -0.25) is 107 Å². The van der Waals surface area contributed by atoms with Crippen LogP contribution < -0.4 is 113 Å².